The highest BCUT2D eigenvalue weighted by atomic mass is 32.2. The number of carbonyl (C=O) groups excluding carboxylic acids is 1. The summed E-state index contributed by atoms with van der Waals surface area (Å²) in [5.74, 6) is -1.34. The Morgan fingerprint density at radius 3 is 2.53 bits per heavy atom. The van der Waals surface area contributed by atoms with Gasteiger partial charge in [0.2, 0.25) is 0 Å². The van der Waals surface area contributed by atoms with Crippen LogP contribution in [0.15, 0.2) is 41.0 Å². The van der Waals surface area contributed by atoms with Crippen molar-refractivity contribution in [2.24, 2.45) is 4.36 Å². The van der Waals surface area contributed by atoms with E-state index in [1.807, 2.05) is 0 Å². The van der Waals surface area contributed by atoms with Gasteiger partial charge in [-0.05, 0) is 25.1 Å². The first-order valence-corrected chi connectivity index (χ1v) is 12.7. The van der Waals surface area contributed by atoms with Crippen molar-refractivity contribution in [3.05, 3.63) is 42.5 Å². The van der Waals surface area contributed by atoms with Gasteiger partial charge in [-0.1, -0.05) is 0 Å². The van der Waals surface area contributed by atoms with Gasteiger partial charge in [-0.3, -0.25) is 4.79 Å². The third-order valence-corrected chi connectivity index (χ3v) is 5.22. The van der Waals surface area contributed by atoms with Crippen LogP contribution in [0.3, 0.4) is 0 Å². The summed E-state index contributed by atoms with van der Waals surface area (Å²) >= 11 is 0. The van der Waals surface area contributed by atoms with Crippen LogP contribution in [0.5, 0.6) is 11.5 Å². The number of fused-ring (bicyclic) bond motifs is 1. The second kappa shape index (κ2) is 10.5. The number of alkyl halides is 3. The predicted molar refractivity (Wildman–Crippen MR) is 127 cm³/mol. The Kier molecular flexibility index (Phi) is 7.86. The largest absolute Gasteiger partial charge is 0.496 e. The highest BCUT2D eigenvalue weighted by Gasteiger charge is 2.29. The Hall–Kier alpha value is -3.68. The number of ether oxygens (including phenoxy) is 2. The molecule has 0 saturated carbocycles. The zero-order valence-electron chi connectivity index (χ0n) is 19.6. The summed E-state index contributed by atoms with van der Waals surface area (Å²) in [7, 11) is -1.04. The molecular weight excluding hydrogens is 506 g/mol. The molecule has 9 nitrogen and oxygen atoms in total. The lowest BCUT2D eigenvalue weighted by molar-refractivity contribution is -0.142. The Bertz CT molecular complexity index is 1400. The van der Waals surface area contributed by atoms with Crippen LogP contribution in [0.25, 0.3) is 10.9 Å². The Morgan fingerprint density at radius 1 is 1.17 bits per heavy atom. The lowest BCUT2D eigenvalue weighted by Crippen LogP contribution is -2.41. The first-order valence-electron chi connectivity index (χ1n) is 10.3. The fourth-order valence-electron chi connectivity index (χ4n) is 3.10. The van der Waals surface area contributed by atoms with Crippen LogP contribution < -0.4 is 20.1 Å². The molecule has 36 heavy (non-hydrogen) atoms. The van der Waals surface area contributed by atoms with Crippen molar-refractivity contribution in [1.29, 1.82) is 0 Å². The first-order chi connectivity index (χ1) is 16.8. The van der Waals surface area contributed by atoms with Gasteiger partial charge in [-0.2, -0.15) is 17.5 Å². The quantitative estimate of drug-likeness (QED) is 0.418. The monoisotopic (exact) mass is 529 g/mol. The van der Waals surface area contributed by atoms with E-state index in [-0.39, 0.29) is 17.3 Å². The molecular formula is C22H23F4N5O4S. The molecule has 0 aliphatic heterocycles. The van der Waals surface area contributed by atoms with Crippen molar-refractivity contribution in [3.63, 3.8) is 0 Å². The number of anilines is 2. The number of benzene rings is 2. The van der Waals surface area contributed by atoms with Gasteiger partial charge in [0.15, 0.2) is 6.10 Å². The summed E-state index contributed by atoms with van der Waals surface area (Å²) < 4.78 is 78.4. The average Bonchev–Trinajstić information content (AvgIpc) is 2.77. The third-order valence-electron chi connectivity index (χ3n) is 4.56. The maximum absolute atomic E-state index is 14.0. The fraction of sp³-hybridized carbons (Fsp3) is 0.318. The Balaban J connectivity index is 1.97. The van der Waals surface area contributed by atoms with Crippen molar-refractivity contribution < 1.29 is 36.0 Å². The molecule has 0 bridgehead atoms. The number of amides is 1. The molecule has 1 heterocycles. The summed E-state index contributed by atoms with van der Waals surface area (Å²) in [6.45, 7) is -0.298. The number of aromatic nitrogens is 2. The molecule has 2 N–H and O–H groups in total. The SMILES string of the molecule is COc1cc(N=S(C)(C)=O)cc2ncnc(Nc3ccc(F)cc3O[C@H](C)C(=O)NCC(F)(F)F)c12. The number of rotatable bonds is 8. The molecule has 194 valence electrons. The fourth-order valence-corrected chi connectivity index (χ4v) is 3.71. The molecule has 2 aromatic carbocycles. The van der Waals surface area contributed by atoms with E-state index in [2.05, 4.69) is 19.6 Å². The van der Waals surface area contributed by atoms with Gasteiger partial charge in [-0.25, -0.2) is 18.6 Å². The summed E-state index contributed by atoms with van der Waals surface area (Å²) in [4.78, 5) is 20.4. The molecule has 1 aromatic heterocycles. The van der Waals surface area contributed by atoms with Crippen LogP contribution in [0.2, 0.25) is 0 Å². The number of nitrogens with one attached hydrogen (secondary N) is 2. The molecule has 1 atom stereocenters. The number of carbonyl (C=O) groups is 1. The van der Waals surface area contributed by atoms with Crippen molar-refractivity contribution in [2.45, 2.75) is 19.2 Å². The van der Waals surface area contributed by atoms with Gasteiger partial charge in [0.25, 0.3) is 5.91 Å². The second-order valence-electron chi connectivity index (χ2n) is 7.90. The summed E-state index contributed by atoms with van der Waals surface area (Å²) in [6.07, 6.45) is -1.74. The maximum atomic E-state index is 14.0. The predicted octanol–water partition coefficient (Wildman–Crippen LogP) is 4.33. The molecule has 0 spiro atoms. The minimum absolute atomic E-state index is 0.140. The lowest BCUT2D eigenvalue weighted by atomic mass is 10.2. The molecule has 0 aliphatic carbocycles. The molecule has 1 amide bonds. The van der Waals surface area contributed by atoms with E-state index in [1.54, 1.807) is 17.4 Å². The zero-order chi connectivity index (χ0) is 26.7. The highest BCUT2D eigenvalue weighted by Crippen LogP contribution is 2.37. The molecule has 0 saturated heterocycles. The van der Waals surface area contributed by atoms with Crippen LogP contribution in [-0.4, -0.2) is 58.5 Å². The molecule has 0 fully saturated rings. The van der Waals surface area contributed by atoms with E-state index in [4.69, 9.17) is 9.47 Å². The van der Waals surface area contributed by atoms with Crippen LogP contribution >= 0.6 is 0 Å². The maximum Gasteiger partial charge on any atom is 0.405 e. The summed E-state index contributed by atoms with van der Waals surface area (Å²) in [6, 6.07) is 6.57. The third kappa shape index (κ3) is 7.16. The van der Waals surface area contributed by atoms with Crippen molar-refractivity contribution in [1.82, 2.24) is 15.3 Å². The topological polar surface area (TPSA) is 115 Å². The number of hydrogen-bond donors (Lipinski definition) is 2. The first kappa shape index (κ1) is 26.9. The summed E-state index contributed by atoms with van der Waals surface area (Å²) in [5.41, 5.74) is 0.954. The molecule has 3 rings (SSSR count). The van der Waals surface area contributed by atoms with Crippen molar-refractivity contribution >= 4 is 43.7 Å². The number of methoxy groups -OCH3 is 1. The summed E-state index contributed by atoms with van der Waals surface area (Å²) in [5, 5.41) is 5.10. The average molecular weight is 530 g/mol. The van der Waals surface area contributed by atoms with Crippen molar-refractivity contribution in [2.75, 3.05) is 31.5 Å². The van der Waals surface area contributed by atoms with Gasteiger partial charge >= 0.3 is 6.18 Å². The minimum Gasteiger partial charge on any atom is -0.496 e. The van der Waals surface area contributed by atoms with E-state index in [0.29, 0.717) is 22.3 Å². The van der Waals surface area contributed by atoms with E-state index in [0.717, 1.165) is 12.1 Å². The lowest BCUT2D eigenvalue weighted by Gasteiger charge is -2.19. The second-order valence-corrected chi connectivity index (χ2v) is 10.4. The number of halogens is 4. The smallest absolute Gasteiger partial charge is 0.405 e. The van der Waals surface area contributed by atoms with Crippen molar-refractivity contribution in [3.8, 4) is 11.5 Å². The Morgan fingerprint density at radius 2 is 1.89 bits per heavy atom. The van der Waals surface area contributed by atoms with Gasteiger partial charge in [0, 0.05) is 34.4 Å². The van der Waals surface area contributed by atoms with E-state index < -0.39 is 40.3 Å². The van der Waals surface area contributed by atoms with Gasteiger partial charge in [0.1, 0.15) is 36.0 Å². The normalized spacial score (nSPS) is 12.7. The van der Waals surface area contributed by atoms with E-state index in [9.17, 15) is 26.6 Å². The van der Waals surface area contributed by atoms with Gasteiger partial charge in [0.05, 0.1) is 29.4 Å². The van der Waals surface area contributed by atoms with E-state index in [1.165, 1.54) is 38.9 Å². The van der Waals surface area contributed by atoms with Gasteiger partial charge < -0.3 is 20.1 Å². The molecule has 14 heteroatoms. The highest BCUT2D eigenvalue weighted by molar-refractivity contribution is 7.92. The molecule has 0 aliphatic rings. The van der Waals surface area contributed by atoms with E-state index >= 15 is 0 Å². The van der Waals surface area contributed by atoms with Crippen LogP contribution in [0, 0.1) is 5.82 Å². The number of hydrogen-bond acceptors (Lipinski definition) is 8. The minimum atomic E-state index is -4.59. The number of nitrogens with zero attached hydrogens (tertiary/aromatic N) is 3. The Labute approximate surface area is 204 Å². The molecule has 0 radical (unpaired) electrons. The standard InChI is InChI=1S/C22H23F4N5O4S/c1-12(21(32)27-10-22(24,25)26)35-17-7-13(23)5-6-15(17)30-20-19-16(28-11-29-20)8-14(9-18(19)34-2)31-36(3,4)33/h5-9,11-12H,10H2,1-4H3,(H,27,32)(H,28,29,30)/t12-/m1/s1. The van der Waals surface area contributed by atoms with Crippen LogP contribution in [0.4, 0.5) is 34.8 Å². The molecule has 0 unspecified atom stereocenters. The van der Waals surface area contributed by atoms with Crippen LogP contribution in [-0.2, 0) is 14.5 Å². The zero-order valence-corrected chi connectivity index (χ0v) is 20.5. The van der Waals surface area contributed by atoms with Gasteiger partial charge in [-0.15, -0.1) is 0 Å². The van der Waals surface area contributed by atoms with Crippen LogP contribution in [0.1, 0.15) is 6.92 Å². The molecule has 3 aromatic rings.